The second-order valence-corrected chi connectivity index (χ2v) is 4.16. The number of nitrogens with two attached hydrogens (primary N) is 1. The van der Waals surface area contributed by atoms with Crippen molar-refractivity contribution in [1.82, 2.24) is 4.90 Å². The summed E-state index contributed by atoms with van der Waals surface area (Å²) in [4.78, 5) is 44.6. The molecule has 19 heavy (non-hydrogen) atoms. The molecule has 1 aliphatic rings. The number of hydrogen-bond acceptors (Lipinski definition) is 5. The average Bonchev–Trinajstić information content (AvgIpc) is 2.66. The van der Waals surface area contributed by atoms with Crippen molar-refractivity contribution in [2.75, 3.05) is 6.54 Å². The van der Waals surface area contributed by atoms with Crippen molar-refractivity contribution in [3.8, 4) is 0 Å². The monoisotopic (exact) mass is 272 g/mol. The number of rotatable bonds is 4. The molecule has 0 bridgehead atoms. The molecule has 9 nitrogen and oxygen atoms in total. The molecule has 0 aromatic rings. The van der Waals surface area contributed by atoms with Gasteiger partial charge in [-0.2, -0.15) is 0 Å². The van der Waals surface area contributed by atoms with Gasteiger partial charge in [0.25, 0.3) is 0 Å². The molecule has 104 valence electrons. The summed E-state index contributed by atoms with van der Waals surface area (Å²) >= 11 is 0. The highest BCUT2D eigenvalue weighted by Gasteiger charge is 2.50. The first-order chi connectivity index (χ1) is 8.67. The van der Waals surface area contributed by atoms with E-state index in [0.717, 1.165) is 4.90 Å². The van der Waals surface area contributed by atoms with Gasteiger partial charge in [0.2, 0.25) is 5.91 Å². The van der Waals surface area contributed by atoms with E-state index >= 15 is 0 Å². The summed E-state index contributed by atoms with van der Waals surface area (Å²) in [5, 5.41) is 26.2. The fraction of sp³-hybridized carbons (Fsp3) is 0.400. The van der Waals surface area contributed by atoms with Crippen LogP contribution in [0.25, 0.3) is 0 Å². The number of carboxylic acids is 3. The van der Waals surface area contributed by atoms with Crippen molar-refractivity contribution in [3.63, 3.8) is 0 Å². The molecule has 5 N–H and O–H groups in total. The predicted molar refractivity (Wildman–Crippen MR) is 59.1 cm³/mol. The number of carbonyl (C=O) groups excluding carboxylic acids is 1. The molecule has 1 amide bonds. The quantitative estimate of drug-likeness (QED) is 0.432. The van der Waals surface area contributed by atoms with Crippen LogP contribution in [0.4, 0.5) is 0 Å². The molecule has 0 aromatic heterocycles. The number of likely N-dealkylation sites (tertiary alicyclic amines) is 1. The Morgan fingerprint density at radius 3 is 2.16 bits per heavy atom. The maximum atomic E-state index is 11.6. The van der Waals surface area contributed by atoms with Crippen LogP contribution >= 0.6 is 0 Å². The second kappa shape index (κ2) is 5.06. The van der Waals surface area contributed by atoms with Crippen molar-refractivity contribution < 1.29 is 34.5 Å². The second-order valence-electron chi connectivity index (χ2n) is 4.16. The third-order valence-corrected chi connectivity index (χ3v) is 2.75. The van der Waals surface area contributed by atoms with E-state index in [4.69, 9.17) is 21.1 Å². The highest BCUT2D eigenvalue weighted by Crippen LogP contribution is 2.26. The zero-order valence-electron chi connectivity index (χ0n) is 9.65. The number of nitrogens with zero attached hydrogens (tertiary/aromatic N) is 1. The van der Waals surface area contributed by atoms with Crippen molar-refractivity contribution in [3.05, 3.63) is 12.2 Å². The number of hydrogen-bond donors (Lipinski definition) is 4. The van der Waals surface area contributed by atoms with Crippen LogP contribution in [0.2, 0.25) is 0 Å². The van der Waals surface area contributed by atoms with Crippen molar-refractivity contribution in [2.45, 2.75) is 18.0 Å². The standard InChI is InChI=1S/C10H12N2O7/c11-10(9(18)19)3-5(8(16)17)12(4-10)6(13)1-2-7(14)15/h1-2,5H,3-4,11H2,(H,14,15)(H,16,17)(H,18,19)/b2-1-/t5-,10+/m1/s1. The normalized spacial score (nSPS) is 26.6. The van der Waals surface area contributed by atoms with Crippen LogP contribution in [0.3, 0.4) is 0 Å². The topological polar surface area (TPSA) is 158 Å². The van der Waals surface area contributed by atoms with E-state index in [1.54, 1.807) is 0 Å². The summed E-state index contributed by atoms with van der Waals surface area (Å²) in [6.45, 7) is -0.498. The number of carboxylic acid groups (broad SMARTS) is 3. The lowest BCUT2D eigenvalue weighted by atomic mass is 9.98. The molecule has 0 spiro atoms. The minimum absolute atomic E-state index is 0.440. The smallest absolute Gasteiger partial charge is 0.328 e. The fourth-order valence-corrected chi connectivity index (χ4v) is 1.78. The Labute approximate surface area is 106 Å². The fourth-order valence-electron chi connectivity index (χ4n) is 1.78. The van der Waals surface area contributed by atoms with Crippen LogP contribution < -0.4 is 5.73 Å². The molecule has 1 rings (SSSR count). The number of carbonyl (C=O) groups is 4. The molecule has 0 radical (unpaired) electrons. The minimum atomic E-state index is -1.85. The van der Waals surface area contributed by atoms with Gasteiger partial charge >= 0.3 is 17.9 Å². The van der Waals surface area contributed by atoms with E-state index in [9.17, 15) is 19.2 Å². The van der Waals surface area contributed by atoms with E-state index < -0.39 is 48.4 Å². The summed E-state index contributed by atoms with van der Waals surface area (Å²) in [7, 11) is 0. The molecular weight excluding hydrogens is 260 g/mol. The molecule has 1 saturated heterocycles. The first-order valence-electron chi connectivity index (χ1n) is 5.14. The Morgan fingerprint density at radius 2 is 1.74 bits per heavy atom. The molecule has 0 saturated carbocycles. The molecular formula is C10H12N2O7. The first kappa shape index (κ1) is 14.6. The SMILES string of the molecule is N[C@@]1(C(=O)O)C[C@H](C(=O)O)N(C(=O)/C=C\C(=O)O)C1. The average molecular weight is 272 g/mol. The van der Waals surface area contributed by atoms with Crippen LogP contribution in [0.15, 0.2) is 12.2 Å². The van der Waals surface area contributed by atoms with Gasteiger partial charge in [0.1, 0.15) is 11.6 Å². The highest BCUT2D eigenvalue weighted by molar-refractivity contribution is 5.97. The maximum absolute atomic E-state index is 11.6. The van der Waals surface area contributed by atoms with Gasteiger partial charge < -0.3 is 26.0 Å². The molecule has 2 atom stereocenters. The predicted octanol–water partition coefficient (Wildman–Crippen LogP) is -1.91. The van der Waals surface area contributed by atoms with Gasteiger partial charge in [0.15, 0.2) is 0 Å². The third-order valence-electron chi connectivity index (χ3n) is 2.75. The van der Waals surface area contributed by atoms with E-state index in [2.05, 4.69) is 0 Å². The molecule has 9 heteroatoms. The number of aliphatic carboxylic acids is 3. The largest absolute Gasteiger partial charge is 0.480 e. The maximum Gasteiger partial charge on any atom is 0.328 e. The van der Waals surface area contributed by atoms with Crippen LogP contribution in [-0.2, 0) is 19.2 Å². The zero-order valence-corrected chi connectivity index (χ0v) is 9.65. The Hall–Kier alpha value is -2.42. The molecule has 0 aromatic carbocycles. The molecule has 1 heterocycles. The molecule has 1 aliphatic heterocycles. The van der Waals surface area contributed by atoms with E-state index in [0.29, 0.717) is 12.2 Å². The lowest BCUT2D eigenvalue weighted by Crippen LogP contribution is -2.50. The Morgan fingerprint density at radius 1 is 1.16 bits per heavy atom. The van der Waals surface area contributed by atoms with Crippen molar-refractivity contribution in [2.24, 2.45) is 5.73 Å². The van der Waals surface area contributed by atoms with Gasteiger partial charge in [0.05, 0.1) is 6.54 Å². The zero-order chi connectivity index (χ0) is 14.8. The third kappa shape index (κ3) is 3.07. The summed E-state index contributed by atoms with van der Waals surface area (Å²) in [5.74, 6) is -5.11. The van der Waals surface area contributed by atoms with Gasteiger partial charge in [-0.05, 0) is 0 Å². The van der Waals surface area contributed by atoms with Crippen molar-refractivity contribution in [1.29, 1.82) is 0 Å². The van der Waals surface area contributed by atoms with Crippen LogP contribution in [-0.4, -0.2) is 62.2 Å². The molecule has 0 aliphatic carbocycles. The summed E-state index contributed by atoms with van der Waals surface area (Å²) < 4.78 is 0. The van der Waals surface area contributed by atoms with Gasteiger partial charge in [-0.1, -0.05) is 0 Å². The Kier molecular flexibility index (Phi) is 3.90. The van der Waals surface area contributed by atoms with Crippen LogP contribution in [0.5, 0.6) is 0 Å². The Bertz CT molecular complexity index is 472. The highest BCUT2D eigenvalue weighted by atomic mass is 16.4. The molecule has 0 unspecified atom stereocenters. The lowest BCUT2D eigenvalue weighted by Gasteiger charge is -2.20. The number of amides is 1. The lowest BCUT2D eigenvalue weighted by molar-refractivity contribution is -0.146. The summed E-state index contributed by atoms with van der Waals surface area (Å²) in [6.07, 6.45) is 0.759. The summed E-state index contributed by atoms with van der Waals surface area (Å²) in [6, 6.07) is -1.40. The van der Waals surface area contributed by atoms with Gasteiger partial charge in [-0.25, -0.2) is 9.59 Å². The van der Waals surface area contributed by atoms with E-state index in [1.165, 1.54) is 0 Å². The minimum Gasteiger partial charge on any atom is -0.480 e. The van der Waals surface area contributed by atoms with Crippen LogP contribution in [0.1, 0.15) is 6.42 Å². The Balaban J connectivity index is 2.98. The van der Waals surface area contributed by atoms with E-state index in [1.807, 2.05) is 0 Å². The van der Waals surface area contributed by atoms with E-state index in [-0.39, 0.29) is 0 Å². The van der Waals surface area contributed by atoms with Gasteiger partial charge in [-0.15, -0.1) is 0 Å². The van der Waals surface area contributed by atoms with Gasteiger partial charge in [0, 0.05) is 18.6 Å². The van der Waals surface area contributed by atoms with Crippen LogP contribution in [0, 0.1) is 0 Å². The first-order valence-corrected chi connectivity index (χ1v) is 5.14. The van der Waals surface area contributed by atoms with Crippen molar-refractivity contribution >= 4 is 23.8 Å². The molecule has 1 fully saturated rings. The van der Waals surface area contributed by atoms with Gasteiger partial charge in [-0.3, -0.25) is 9.59 Å². The summed E-state index contributed by atoms with van der Waals surface area (Å²) in [5.41, 5.74) is 3.67.